The number of rotatable bonds is 7. The molecule has 0 aliphatic heterocycles. The molecule has 0 amide bonds. The van der Waals surface area contributed by atoms with Crippen LogP contribution in [0.5, 0.6) is 5.75 Å². The van der Waals surface area contributed by atoms with Gasteiger partial charge in [-0.3, -0.25) is 4.99 Å². The average molecular weight is 291 g/mol. The Morgan fingerprint density at radius 1 is 1.24 bits per heavy atom. The van der Waals surface area contributed by atoms with Gasteiger partial charge in [0.25, 0.3) is 0 Å². The predicted octanol–water partition coefficient (Wildman–Crippen LogP) is 3.14. The second-order valence-corrected chi connectivity index (χ2v) is 5.52. The fourth-order valence-electron chi connectivity index (χ4n) is 1.95. The molecule has 1 aromatic rings. The van der Waals surface area contributed by atoms with Crippen LogP contribution < -0.4 is 10.1 Å². The fourth-order valence-corrected chi connectivity index (χ4v) is 1.95. The number of hydrogen-bond acceptors (Lipinski definition) is 2. The minimum Gasteiger partial charge on any atom is -0.494 e. The zero-order valence-electron chi connectivity index (χ0n) is 14.0. The molecule has 1 aromatic carbocycles. The summed E-state index contributed by atoms with van der Waals surface area (Å²) in [6.45, 7) is 11.7. The van der Waals surface area contributed by atoms with Crippen LogP contribution in [0.4, 0.5) is 0 Å². The first-order valence-corrected chi connectivity index (χ1v) is 7.78. The third-order valence-corrected chi connectivity index (χ3v) is 2.96. The zero-order chi connectivity index (χ0) is 15.7. The van der Waals surface area contributed by atoms with E-state index in [0.717, 1.165) is 31.3 Å². The van der Waals surface area contributed by atoms with Crippen LogP contribution in [0.2, 0.25) is 0 Å². The number of aliphatic imine (C=N–C) groups is 1. The summed E-state index contributed by atoms with van der Waals surface area (Å²) >= 11 is 0. The van der Waals surface area contributed by atoms with Crippen LogP contribution in [-0.4, -0.2) is 37.6 Å². The molecule has 0 radical (unpaired) electrons. The molecule has 0 saturated heterocycles. The molecule has 0 aromatic heterocycles. The van der Waals surface area contributed by atoms with E-state index < -0.39 is 0 Å². The van der Waals surface area contributed by atoms with Gasteiger partial charge in [0, 0.05) is 26.7 Å². The van der Waals surface area contributed by atoms with E-state index >= 15 is 0 Å². The van der Waals surface area contributed by atoms with Crippen molar-refractivity contribution in [3.8, 4) is 5.75 Å². The predicted molar refractivity (Wildman–Crippen MR) is 89.9 cm³/mol. The van der Waals surface area contributed by atoms with Crippen molar-refractivity contribution >= 4 is 5.96 Å². The maximum absolute atomic E-state index is 5.47. The highest BCUT2D eigenvalue weighted by molar-refractivity contribution is 5.79. The van der Waals surface area contributed by atoms with Gasteiger partial charge in [0.15, 0.2) is 5.96 Å². The third-order valence-electron chi connectivity index (χ3n) is 2.96. The lowest BCUT2D eigenvalue weighted by atomic mass is 10.2. The number of hydrogen-bond donors (Lipinski definition) is 1. The van der Waals surface area contributed by atoms with Gasteiger partial charge in [0.05, 0.1) is 6.61 Å². The SMILES string of the molecule is CCNC(=NCC(C)C)N(C)Cc1ccc(OCC)cc1. The molecule has 0 saturated carbocycles. The summed E-state index contributed by atoms with van der Waals surface area (Å²) in [7, 11) is 2.07. The van der Waals surface area contributed by atoms with Crippen molar-refractivity contribution in [1.82, 2.24) is 10.2 Å². The smallest absolute Gasteiger partial charge is 0.193 e. The Morgan fingerprint density at radius 2 is 1.90 bits per heavy atom. The highest BCUT2D eigenvalue weighted by Crippen LogP contribution is 2.13. The Kier molecular flexibility index (Phi) is 7.65. The molecule has 4 nitrogen and oxygen atoms in total. The molecule has 0 fully saturated rings. The molecule has 118 valence electrons. The van der Waals surface area contributed by atoms with E-state index in [2.05, 4.69) is 55.2 Å². The molecule has 4 heteroatoms. The highest BCUT2D eigenvalue weighted by atomic mass is 16.5. The van der Waals surface area contributed by atoms with Gasteiger partial charge in [0.2, 0.25) is 0 Å². The summed E-state index contributed by atoms with van der Waals surface area (Å²) < 4.78 is 5.47. The van der Waals surface area contributed by atoms with E-state index in [-0.39, 0.29) is 0 Å². The topological polar surface area (TPSA) is 36.9 Å². The molecule has 1 rings (SSSR count). The molecule has 0 aliphatic rings. The van der Waals surface area contributed by atoms with Gasteiger partial charge >= 0.3 is 0 Å². The van der Waals surface area contributed by atoms with Crippen LogP contribution in [0.15, 0.2) is 29.3 Å². The molecule has 0 bridgehead atoms. The number of ether oxygens (including phenoxy) is 1. The van der Waals surface area contributed by atoms with Crippen LogP contribution >= 0.6 is 0 Å². The first-order chi connectivity index (χ1) is 10.1. The van der Waals surface area contributed by atoms with Crippen molar-refractivity contribution in [2.75, 3.05) is 26.7 Å². The van der Waals surface area contributed by atoms with E-state index in [0.29, 0.717) is 12.5 Å². The molecular weight excluding hydrogens is 262 g/mol. The maximum atomic E-state index is 5.47. The van der Waals surface area contributed by atoms with Gasteiger partial charge in [-0.15, -0.1) is 0 Å². The van der Waals surface area contributed by atoms with Gasteiger partial charge in [0.1, 0.15) is 5.75 Å². The average Bonchev–Trinajstić information content (AvgIpc) is 2.45. The van der Waals surface area contributed by atoms with Crippen LogP contribution in [0.1, 0.15) is 33.3 Å². The van der Waals surface area contributed by atoms with Crippen molar-refractivity contribution in [3.05, 3.63) is 29.8 Å². The quantitative estimate of drug-likeness (QED) is 0.619. The molecule has 0 spiro atoms. The van der Waals surface area contributed by atoms with Crippen LogP contribution in [0, 0.1) is 5.92 Å². The van der Waals surface area contributed by atoms with Crippen LogP contribution in [0.3, 0.4) is 0 Å². The summed E-state index contributed by atoms with van der Waals surface area (Å²) in [5, 5.41) is 3.34. The van der Waals surface area contributed by atoms with Crippen molar-refractivity contribution in [1.29, 1.82) is 0 Å². The summed E-state index contributed by atoms with van der Waals surface area (Å²) in [5.41, 5.74) is 1.25. The van der Waals surface area contributed by atoms with Crippen molar-refractivity contribution < 1.29 is 4.74 Å². The van der Waals surface area contributed by atoms with Crippen molar-refractivity contribution in [3.63, 3.8) is 0 Å². The zero-order valence-corrected chi connectivity index (χ0v) is 14.0. The van der Waals surface area contributed by atoms with E-state index in [9.17, 15) is 0 Å². The summed E-state index contributed by atoms with van der Waals surface area (Å²) in [5.74, 6) is 2.45. The Balaban J connectivity index is 2.67. The molecule has 1 N–H and O–H groups in total. The fraction of sp³-hybridized carbons (Fsp3) is 0.588. The van der Waals surface area contributed by atoms with Gasteiger partial charge in [-0.25, -0.2) is 0 Å². The number of nitrogens with zero attached hydrogens (tertiary/aromatic N) is 2. The summed E-state index contributed by atoms with van der Waals surface area (Å²) in [6, 6.07) is 8.25. The minimum absolute atomic E-state index is 0.567. The number of benzene rings is 1. The number of guanidine groups is 1. The monoisotopic (exact) mass is 291 g/mol. The number of nitrogens with one attached hydrogen (secondary N) is 1. The summed E-state index contributed by atoms with van der Waals surface area (Å²) in [4.78, 5) is 6.82. The van der Waals surface area contributed by atoms with E-state index in [1.165, 1.54) is 5.56 Å². The lowest BCUT2D eigenvalue weighted by Crippen LogP contribution is -2.38. The second-order valence-electron chi connectivity index (χ2n) is 5.52. The van der Waals surface area contributed by atoms with Gasteiger partial charge in [-0.05, 0) is 37.5 Å². The highest BCUT2D eigenvalue weighted by Gasteiger charge is 2.07. The molecule has 0 unspecified atom stereocenters. The lowest BCUT2D eigenvalue weighted by molar-refractivity contribution is 0.340. The Bertz CT molecular complexity index is 426. The standard InChI is InChI=1S/C17H29N3O/c1-6-18-17(19-12-14(3)4)20(5)13-15-8-10-16(11-9-15)21-7-2/h8-11,14H,6-7,12-13H2,1-5H3,(H,18,19). The van der Waals surface area contributed by atoms with Crippen molar-refractivity contribution in [2.45, 2.75) is 34.2 Å². The first-order valence-electron chi connectivity index (χ1n) is 7.78. The van der Waals surface area contributed by atoms with Gasteiger partial charge < -0.3 is 15.0 Å². The summed E-state index contributed by atoms with van der Waals surface area (Å²) in [6.07, 6.45) is 0. The Morgan fingerprint density at radius 3 is 2.43 bits per heavy atom. The first kappa shape index (κ1) is 17.3. The molecular formula is C17H29N3O. The van der Waals surface area contributed by atoms with Gasteiger partial charge in [-0.1, -0.05) is 26.0 Å². The van der Waals surface area contributed by atoms with E-state index in [1.54, 1.807) is 0 Å². The van der Waals surface area contributed by atoms with E-state index in [1.807, 2.05) is 19.1 Å². The Hall–Kier alpha value is -1.71. The molecule has 0 atom stereocenters. The Labute approximate surface area is 129 Å². The van der Waals surface area contributed by atoms with Gasteiger partial charge in [-0.2, -0.15) is 0 Å². The van der Waals surface area contributed by atoms with Crippen LogP contribution in [0.25, 0.3) is 0 Å². The van der Waals surface area contributed by atoms with E-state index in [4.69, 9.17) is 4.74 Å². The maximum Gasteiger partial charge on any atom is 0.193 e. The lowest BCUT2D eigenvalue weighted by Gasteiger charge is -2.22. The van der Waals surface area contributed by atoms with Crippen LogP contribution in [-0.2, 0) is 6.54 Å². The molecule has 21 heavy (non-hydrogen) atoms. The largest absolute Gasteiger partial charge is 0.494 e. The molecule has 0 aliphatic carbocycles. The molecule has 0 heterocycles. The second kappa shape index (κ2) is 9.27. The normalized spacial score (nSPS) is 11.6. The minimum atomic E-state index is 0.567. The third kappa shape index (κ3) is 6.52. The van der Waals surface area contributed by atoms with Crippen molar-refractivity contribution in [2.24, 2.45) is 10.9 Å².